The van der Waals surface area contributed by atoms with Crippen LogP contribution in [0.5, 0.6) is 0 Å². The van der Waals surface area contributed by atoms with Crippen LogP contribution < -0.4 is 5.32 Å². The highest BCUT2D eigenvalue weighted by Crippen LogP contribution is 2.24. The van der Waals surface area contributed by atoms with Crippen molar-refractivity contribution in [1.82, 2.24) is 14.7 Å². The summed E-state index contributed by atoms with van der Waals surface area (Å²) in [5, 5.41) is 7.93. The fraction of sp³-hybridized carbons (Fsp3) is 0.333. The SMILES string of the molecule is CC(C)n1ccc(NC(=O)N2CC=C(c3cccc(Cl)c3)CC2)n1. The van der Waals surface area contributed by atoms with Crippen LogP contribution in [0.25, 0.3) is 5.57 Å². The maximum Gasteiger partial charge on any atom is 0.323 e. The molecule has 1 aliphatic heterocycles. The summed E-state index contributed by atoms with van der Waals surface area (Å²) in [5.74, 6) is 0.582. The Labute approximate surface area is 146 Å². The van der Waals surface area contributed by atoms with E-state index < -0.39 is 0 Å². The second-order valence-corrected chi connectivity index (χ2v) is 6.58. The molecule has 2 aromatic rings. The van der Waals surface area contributed by atoms with Crippen LogP contribution in [-0.4, -0.2) is 33.8 Å². The topological polar surface area (TPSA) is 50.2 Å². The van der Waals surface area contributed by atoms with Gasteiger partial charge in [0.25, 0.3) is 0 Å². The number of halogens is 1. The molecule has 0 radical (unpaired) electrons. The Bertz CT molecular complexity index is 766. The maximum absolute atomic E-state index is 12.4. The summed E-state index contributed by atoms with van der Waals surface area (Å²) < 4.78 is 1.82. The third-order valence-corrected chi connectivity index (χ3v) is 4.30. The first-order valence-electron chi connectivity index (χ1n) is 8.09. The Balaban J connectivity index is 1.62. The zero-order chi connectivity index (χ0) is 17.1. The number of hydrogen-bond acceptors (Lipinski definition) is 2. The molecule has 6 heteroatoms. The number of benzene rings is 1. The first-order valence-corrected chi connectivity index (χ1v) is 8.47. The number of carbonyl (C=O) groups excluding carboxylic acids is 1. The molecule has 0 spiro atoms. The molecule has 1 aromatic carbocycles. The van der Waals surface area contributed by atoms with Gasteiger partial charge in [-0.2, -0.15) is 5.10 Å². The van der Waals surface area contributed by atoms with E-state index in [0.29, 0.717) is 18.9 Å². The van der Waals surface area contributed by atoms with Crippen LogP contribution in [0, 0.1) is 0 Å². The third-order valence-electron chi connectivity index (χ3n) is 4.06. The summed E-state index contributed by atoms with van der Waals surface area (Å²) in [4.78, 5) is 14.1. The molecule has 2 heterocycles. The van der Waals surface area contributed by atoms with Crippen LogP contribution in [-0.2, 0) is 0 Å². The zero-order valence-electron chi connectivity index (χ0n) is 13.9. The minimum atomic E-state index is -0.120. The summed E-state index contributed by atoms with van der Waals surface area (Å²) >= 11 is 6.05. The van der Waals surface area contributed by atoms with Gasteiger partial charge in [0.15, 0.2) is 5.82 Å². The van der Waals surface area contributed by atoms with Crippen LogP contribution >= 0.6 is 11.6 Å². The molecule has 126 valence electrons. The van der Waals surface area contributed by atoms with Gasteiger partial charge in [-0.05, 0) is 43.5 Å². The van der Waals surface area contributed by atoms with Gasteiger partial charge in [0.2, 0.25) is 0 Å². The predicted molar refractivity (Wildman–Crippen MR) is 97.2 cm³/mol. The molecule has 2 amide bonds. The largest absolute Gasteiger partial charge is 0.323 e. The number of nitrogens with zero attached hydrogens (tertiary/aromatic N) is 3. The van der Waals surface area contributed by atoms with Crippen LogP contribution in [0.1, 0.15) is 31.9 Å². The molecular formula is C18H21ClN4O. The molecule has 0 saturated heterocycles. The molecule has 24 heavy (non-hydrogen) atoms. The molecule has 1 N–H and O–H groups in total. The second-order valence-electron chi connectivity index (χ2n) is 6.14. The van der Waals surface area contributed by atoms with Crippen molar-refractivity contribution in [2.75, 3.05) is 18.4 Å². The highest BCUT2D eigenvalue weighted by Gasteiger charge is 2.18. The van der Waals surface area contributed by atoms with E-state index in [4.69, 9.17) is 11.6 Å². The lowest BCUT2D eigenvalue weighted by Crippen LogP contribution is -2.38. The third kappa shape index (κ3) is 3.79. The van der Waals surface area contributed by atoms with Crippen molar-refractivity contribution in [3.63, 3.8) is 0 Å². The van der Waals surface area contributed by atoms with E-state index in [1.54, 1.807) is 4.90 Å². The Morgan fingerprint density at radius 1 is 1.33 bits per heavy atom. The first-order chi connectivity index (χ1) is 11.5. The number of anilines is 1. The zero-order valence-corrected chi connectivity index (χ0v) is 14.6. The fourth-order valence-electron chi connectivity index (χ4n) is 2.68. The fourth-order valence-corrected chi connectivity index (χ4v) is 2.88. The second kappa shape index (κ2) is 7.09. The van der Waals surface area contributed by atoms with Gasteiger partial charge >= 0.3 is 6.03 Å². The molecule has 0 aliphatic carbocycles. The number of nitrogens with one attached hydrogen (secondary N) is 1. The molecular weight excluding hydrogens is 324 g/mol. The summed E-state index contributed by atoms with van der Waals surface area (Å²) in [6.07, 6.45) is 4.77. The number of hydrogen-bond donors (Lipinski definition) is 1. The van der Waals surface area contributed by atoms with Crippen molar-refractivity contribution < 1.29 is 4.79 Å². The average Bonchev–Trinajstić information content (AvgIpc) is 3.04. The van der Waals surface area contributed by atoms with E-state index in [1.807, 2.05) is 55.1 Å². The summed E-state index contributed by atoms with van der Waals surface area (Å²) in [7, 11) is 0. The number of rotatable bonds is 3. The van der Waals surface area contributed by atoms with Gasteiger partial charge in [-0.1, -0.05) is 29.8 Å². The van der Waals surface area contributed by atoms with Gasteiger partial charge < -0.3 is 4.90 Å². The van der Waals surface area contributed by atoms with Gasteiger partial charge in [0.05, 0.1) is 0 Å². The van der Waals surface area contributed by atoms with Crippen molar-refractivity contribution in [3.05, 3.63) is 53.2 Å². The van der Waals surface area contributed by atoms with Gasteiger partial charge in [0.1, 0.15) is 0 Å². The number of aromatic nitrogens is 2. The van der Waals surface area contributed by atoms with Crippen molar-refractivity contribution in [2.24, 2.45) is 0 Å². The Morgan fingerprint density at radius 2 is 2.17 bits per heavy atom. The standard InChI is InChI=1S/C18H21ClN4O/c1-13(2)23-11-8-17(21-23)20-18(24)22-9-6-14(7-10-22)15-4-3-5-16(19)12-15/h3-6,8,11-13H,7,9-10H2,1-2H3,(H,20,21,24). The molecule has 0 atom stereocenters. The Hall–Kier alpha value is -2.27. The van der Waals surface area contributed by atoms with E-state index in [9.17, 15) is 4.79 Å². The highest BCUT2D eigenvalue weighted by molar-refractivity contribution is 6.30. The Kier molecular flexibility index (Phi) is 4.90. The van der Waals surface area contributed by atoms with E-state index in [0.717, 1.165) is 17.0 Å². The first kappa shape index (κ1) is 16.6. The van der Waals surface area contributed by atoms with Crippen LogP contribution in [0.15, 0.2) is 42.6 Å². The van der Waals surface area contributed by atoms with E-state index in [-0.39, 0.29) is 12.1 Å². The van der Waals surface area contributed by atoms with Gasteiger partial charge in [-0.3, -0.25) is 10.00 Å². The Morgan fingerprint density at radius 3 is 2.79 bits per heavy atom. The van der Waals surface area contributed by atoms with E-state index in [1.165, 1.54) is 5.57 Å². The molecule has 5 nitrogen and oxygen atoms in total. The minimum Gasteiger partial charge on any atom is -0.320 e. The van der Waals surface area contributed by atoms with Crippen molar-refractivity contribution in [3.8, 4) is 0 Å². The molecule has 0 unspecified atom stereocenters. The lowest BCUT2D eigenvalue weighted by atomic mass is 10.00. The van der Waals surface area contributed by atoms with Crippen molar-refractivity contribution in [2.45, 2.75) is 26.3 Å². The number of urea groups is 1. The minimum absolute atomic E-state index is 0.120. The molecule has 0 saturated carbocycles. The smallest absolute Gasteiger partial charge is 0.320 e. The highest BCUT2D eigenvalue weighted by atomic mass is 35.5. The normalized spacial score (nSPS) is 14.7. The predicted octanol–water partition coefficient (Wildman–Crippen LogP) is 4.44. The maximum atomic E-state index is 12.4. The quantitative estimate of drug-likeness (QED) is 0.894. The molecule has 3 rings (SSSR count). The monoisotopic (exact) mass is 344 g/mol. The summed E-state index contributed by atoms with van der Waals surface area (Å²) in [5.41, 5.74) is 2.35. The van der Waals surface area contributed by atoms with E-state index in [2.05, 4.69) is 16.5 Å². The van der Waals surface area contributed by atoms with Crippen molar-refractivity contribution >= 4 is 29.0 Å². The lowest BCUT2D eigenvalue weighted by Gasteiger charge is -2.26. The summed E-state index contributed by atoms with van der Waals surface area (Å²) in [6.45, 7) is 5.35. The van der Waals surface area contributed by atoms with Crippen LogP contribution in [0.2, 0.25) is 5.02 Å². The molecule has 0 bridgehead atoms. The molecule has 0 fully saturated rings. The summed E-state index contributed by atoms with van der Waals surface area (Å²) in [6, 6.07) is 9.79. The molecule has 1 aliphatic rings. The van der Waals surface area contributed by atoms with E-state index >= 15 is 0 Å². The van der Waals surface area contributed by atoms with Gasteiger partial charge in [-0.15, -0.1) is 0 Å². The van der Waals surface area contributed by atoms with Crippen molar-refractivity contribution in [1.29, 1.82) is 0 Å². The number of carbonyl (C=O) groups is 1. The van der Waals surface area contributed by atoms with Gasteiger partial charge in [0, 0.05) is 36.4 Å². The van der Waals surface area contributed by atoms with Crippen LogP contribution in [0.3, 0.4) is 0 Å². The van der Waals surface area contributed by atoms with Crippen LogP contribution in [0.4, 0.5) is 10.6 Å². The number of amides is 2. The molecule has 1 aromatic heterocycles. The average molecular weight is 345 g/mol. The lowest BCUT2D eigenvalue weighted by molar-refractivity contribution is 0.217. The van der Waals surface area contributed by atoms with Gasteiger partial charge in [-0.25, -0.2) is 4.79 Å².